The zero-order valence-electron chi connectivity index (χ0n) is 10.8. The van der Waals surface area contributed by atoms with Gasteiger partial charge in [-0.3, -0.25) is 0 Å². The van der Waals surface area contributed by atoms with Crippen LogP contribution in [0.2, 0.25) is 0 Å². The first-order valence-corrected chi connectivity index (χ1v) is 6.72. The highest BCUT2D eigenvalue weighted by molar-refractivity contribution is 4.65. The van der Waals surface area contributed by atoms with Crippen LogP contribution in [0, 0.1) is 0 Å². The van der Waals surface area contributed by atoms with Crippen molar-refractivity contribution < 1.29 is 0 Å². The Labute approximate surface area is 101 Å². The van der Waals surface area contributed by atoms with E-state index >= 15 is 0 Å². The molecule has 4 heteroatoms. The molecule has 0 amide bonds. The maximum Gasteiger partial charge on any atom is 0.0571 e. The third-order valence-electron chi connectivity index (χ3n) is 2.64. The van der Waals surface area contributed by atoms with E-state index in [1.54, 1.807) is 0 Å². The van der Waals surface area contributed by atoms with Crippen LogP contribution in [0.4, 0.5) is 0 Å². The minimum absolute atomic E-state index is 0.435. The summed E-state index contributed by atoms with van der Waals surface area (Å²) in [5.74, 6) is 0. The van der Waals surface area contributed by atoms with E-state index in [1.807, 2.05) is 0 Å². The maximum absolute atomic E-state index is 5.48. The van der Waals surface area contributed by atoms with Gasteiger partial charge in [0.05, 0.1) is 6.17 Å². The lowest BCUT2D eigenvalue weighted by Crippen LogP contribution is -2.43. The molecule has 0 atom stereocenters. The van der Waals surface area contributed by atoms with Crippen LogP contribution in [0.25, 0.3) is 0 Å². The second-order valence-electron chi connectivity index (χ2n) is 4.24. The lowest BCUT2D eigenvalue weighted by Gasteiger charge is -2.20. The molecule has 4 nitrogen and oxygen atoms in total. The van der Waals surface area contributed by atoms with Crippen molar-refractivity contribution in [1.29, 1.82) is 0 Å². The molecule has 0 saturated carbocycles. The van der Waals surface area contributed by atoms with Crippen molar-refractivity contribution >= 4 is 0 Å². The number of hydrogen-bond donors (Lipinski definition) is 4. The monoisotopic (exact) mass is 234 g/mol. The normalized spacial score (nSPS) is 11.2. The van der Waals surface area contributed by atoms with Gasteiger partial charge in [-0.1, -0.05) is 26.2 Å². The van der Waals surface area contributed by atoms with Crippen LogP contribution in [-0.2, 0) is 0 Å². The van der Waals surface area contributed by atoms with Crippen LogP contribution in [0.1, 0.15) is 45.4 Å². The second-order valence-corrected chi connectivity index (χ2v) is 4.24. The Morgan fingerprint density at radius 1 is 0.875 bits per heavy atom. The fourth-order valence-electron chi connectivity index (χ4n) is 1.63. The molecule has 0 bridgehead atoms. The summed E-state index contributed by atoms with van der Waals surface area (Å²) in [5, 5.41) is 7.01. The van der Waals surface area contributed by atoms with E-state index in [-0.39, 0.29) is 0 Å². The number of unbranched alkanes of at least 4 members (excludes halogenated alkanes) is 2. The molecule has 0 saturated heterocycles. The molecule has 0 aromatic carbocycles. The molecule has 0 aromatic rings. The quantitative estimate of drug-likeness (QED) is 0.297. The van der Waals surface area contributed by atoms with E-state index in [2.05, 4.69) is 17.6 Å². The summed E-state index contributed by atoms with van der Waals surface area (Å²) in [5.41, 5.74) is 11.0. The third-order valence-corrected chi connectivity index (χ3v) is 2.64. The van der Waals surface area contributed by atoms with E-state index in [9.17, 15) is 0 Å². The van der Waals surface area contributed by atoms with Gasteiger partial charge in [0, 0.05) is 0 Å². The SMILES string of the molecule is CCCCCC(NCCC[16NH2])NCCC[16NH2]. The topological polar surface area (TPSA) is 76.1 Å². The van der Waals surface area contributed by atoms with Crippen LogP contribution in [-0.4, -0.2) is 32.3 Å². The summed E-state index contributed by atoms with van der Waals surface area (Å²) in [6.45, 7) is 5.76. The lowest BCUT2D eigenvalue weighted by atomic mass is 10.1. The van der Waals surface area contributed by atoms with Crippen molar-refractivity contribution in [3.8, 4) is 0 Å². The largest absolute Gasteiger partial charge is 0.330 e. The number of hydrogen-bond acceptors (Lipinski definition) is 4. The van der Waals surface area contributed by atoms with Gasteiger partial charge in [0.2, 0.25) is 0 Å². The zero-order chi connectivity index (χ0) is 12.1. The second kappa shape index (κ2) is 12.9. The van der Waals surface area contributed by atoms with Gasteiger partial charge in [0.15, 0.2) is 0 Å². The first-order chi connectivity index (χ1) is 7.85. The minimum Gasteiger partial charge on any atom is -0.330 e. The van der Waals surface area contributed by atoms with Crippen molar-refractivity contribution in [2.75, 3.05) is 26.2 Å². The van der Waals surface area contributed by atoms with Crippen molar-refractivity contribution in [2.45, 2.75) is 51.6 Å². The fraction of sp³-hybridized carbons (Fsp3) is 1.00. The van der Waals surface area contributed by atoms with Gasteiger partial charge in [-0.25, -0.2) is 0 Å². The minimum atomic E-state index is 0.435. The Kier molecular flexibility index (Phi) is 12.8. The molecular formula is C12H30N4. The predicted molar refractivity (Wildman–Crippen MR) is 71.3 cm³/mol. The predicted octanol–water partition coefficient (Wildman–Crippen LogP) is 0.770. The van der Waals surface area contributed by atoms with E-state index in [0.717, 1.165) is 39.0 Å². The van der Waals surface area contributed by atoms with E-state index in [4.69, 9.17) is 11.5 Å². The Balaban J connectivity index is 3.58. The zero-order valence-corrected chi connectivity index (χ0v) is 10.8. The summed E-state index contributed by atoms with van der Waals surface area (Å²) in [6.07, 6.45) is 7.59. The Bertz CT molecular complexity index is 106. The molecule has 0 aliphatic heterocycles. The fourth-order valence-corrected chi connectivity index (χ4v) is 1.63. The molecule has 0 aliphatic carbocycles. The molecule has 0 rings (SSSR count). The van der Waals surface area contributed by atoms with Gasteiger partial charge in [-0.2, -0.15) is 0 Å². The molecule has 16 heavy (non-hydrogen) atoms. The molecule has 0 fully saturated rings. The first-order valence-electron chi connectivity index (χ1n) is 6.72. The highest BCUT2D eigenvalue weighted by atomic mass is 16.3. The first kappa shape index (κ1) is 15.8. The lowest BCUT2D eigenvalue weighted by molar-refractivity contribution is 0.385. The molecule has 6 N–H and O–H groups in total. The molecule has 0 aromatic heterocycles. The van der Waals surface area contributed by atoms with E-state index in [1.165, 1.54) is 25.7 Å². The maximum atomic E-state index is 5.48. The molecule has 0 heterocycles. The van der Waals surface area contributed by atoms with E-state index < -0.39 is 0 Å². The summed E-state index contributed by atoms with van der Waals surface area (Å²) in [7, 11) is 0. The Hall–Kier alpha value is -0.160. The highest BCUT2D eigenvalue weighted by Gasteiger charge is 2.05. The van der Waals surface area contributed by atoms with E-state index in [0.29, 0.717) is 6.17 Å². The van der Waals surface area contributed by atoms with Crippen molar-refractivity contribution in [1.82, 2.24) is 10.6 Å². The molecular weight excluding hydrogens is 204 g/mol. The van der Waals surface area contributed by atoms with Gasteiger partial charge >= 0.3 is 0 Å². The Morgan fingerprint density at radius 3 is 1.88 bits per heavy atom. The number of nitrogens with two attached hydrogens (primary N) is 2. The van der Waals surface area contributed by atoms with Crippen LogP contribution < -0.4 is 22.1 Å². The average Bonchev–Trinajstić information content (AvgIpc) is 2.29. The Morgan fingerprint density at radius 2 is 1.44 bits per heavy atom. The molecule has 0 aliphatic rings. The number of nitrogens with one attached hydrogen (secondary N) is 2. The molecule has 0 unspecified atom stereocenters. The van der Waals surface area contributed by atoms with Gasteiger partial charge in [-0.05, 0) is 45.4 Å². The van der Waals surface area contributed by atoms with Crippen LogP contribution in [0.5, 0.6) is 0 Å². The van der Waals surface area contributed by atoms with Gasteiger partial charge in [0.1, 0.15) is 0 Å². The molecule has 0 spiro atoms. The van der Waals surface area contributed by atoms with Gasteiger partial charge in [0.25, 0.3) is 0 Å². The van der Waals surface area contributed by atoms with Crippen molar-refractivity contribution in [2.24, 2.45) is 11.5 Å². The summed E-state index contributed by atoms with van der Waals surface area (Å²) >= 11 is 0. The number of rotatable bonds is 12. The summed E-state index contributed by atoms with van der Waals surface area (Å²) in [4.78, 5) is 0. The van der Waals surface area contributed by atoms with Crippen LogP contribution in [0.3, 0.4) is 0 Å². The van der Waals surface area contributed by atoms with Crippen LogP contribution in [0.15, 0.2) is 0 Å². The highest BCUT2D eigenvalue weighted by Crippen LogP contribution is 2.01. The third kappa shape index (κ3) is 10.4. The van der Waals surface area contributed by atoms with Crippen LogP contribution >= 0.6 is 0 Å². The molecule has 98 valence electrons. The summed E-state index contributed by atoms with van der Waals surface area (Å²) < 4.78 is 0. The van der Waals surface area contributed by atoms with Gasteiger partial charge < -0.3 is 22.1 Å². The smallest absolute Gasteiger partial charge is 0.0571 e. The van der Waals surface area contributed by atoms with Crippen molar-refractivity contribution in [3.63, 3.8) is 0 Å². The standard InChI is InChI=1S/C12H30N4/c1-2-3-4-7-12(15-10-5-8-13)16-11-6-9-14/h12,15-16H,2-11,13-14H2,1H3/i13+2,14+2. The average molecular weight is 234 g/mol. The molecule has 0 radical (unpaired) electrons. The van der Waals surface area contributed by atoms with Gasteiger partial charge in [-0.15, -0.1) is 0 Å². The summed E-state index contributed by atoms with van der Waals surface area (Å²) in [6, 6.07) is 0. The van der Waals surface area contributed by atoms with Crippen molar-refractivity contribution in [3.05, 3.63) is 0 Å².